The molecule has 0 aliphatic heterocycles. The van der Waals surface area contributed by atoms with E-state index in [0.717, 1.165) is 11.3 Å². The summed E-state index contributed by atoms with van der Waals surface area (Å²) in [7, 11) is 0.585. The Balaban J connectivity index is 2.38. The lowest BCUT2D eigenvalue weighted by Crippen LogP contribution is -2.31. The van der Waals surface area contributed by atoms with E-state index in [0.29, 0.717) is 9.52 Å². The van der Waals surface area contributed by atoms with Gasteiger partial charge in [-0.2, -0.15) is 0 Å². The molecule has 0 amide bonds. The van der Waals surface area contributed by atoms with E-state index in [4.69, 9.17) is 5.73 Å². The zero-order valence-corrected chi connectivity index (χ0v) is 9.98. The van der Waals surface area contributed by atoms with Crippen molar-refractivity contribution in [3.05, 3.63) is 60.7 Å². The van der Waals surface area contributed by atoms with Crippen molar-refractivity contribution in [1.82, 2.24) is 0 Å². The first-order valence-electron chi connectivity index (χ1n) is 5.14. The highest BCUT2D eigenvalue weighted by Crippen LogP contribution is 2.04. The average Bonchev–Trinajstić information content (AvgIpc) is 2.33. The molecule has 2 heteroatoms. The molecular formula is C14H13NSi. The van der Waals surface area contributed by atoms with E-state index in [9.17, 15) is 0 Å². The minimum absolute atomic E-state index is 0.585. The minimum atomic E-state index is 0.585. The summed E-state index contributed by atoms with van der Waals surface area (Å²) in [6.07, 6.45) is 1.86. The van der Waals surface area contributed by atoms with Crippen molar-refractivity contribution in [2.24, 2.45) is 0 Å². The maximum absolute atomic E-state index is 6.00. The smallest absolute Gasteiger partial charge is 0.125 e. The molecule has 0 unspecified atom stereocenters. The minimum Gasteiger partial charge on any atom is -0.399 e. The Morgan fingerprint density at radius 3 is 2.44 bits per heavy atom. The molecule has 0 fully saturated rings. The number of nitrogens with two attached hydrogens (primary N) is 1. The van der Waals surface area contributed by atoms with Gasteiger partial charge >= 0.3 is 0 Å². The van der Waals surface area contributed by atoms with Gasteiger partial charge < -0.3 is 5.73 Å². The fourth-order valence-corrected chi connectivity index (χ4v) is 2.77. The Kier molecular flexibility index (Phi) is 3.22. The molecule has 2 aromatic carbocycles. The Morgan fingerprint density at radius 1 is 1.00 bits per heavy atom. The van der Waals surface area contributed by atoms with Crippen LogP contribution in [0, 0.1) is 0 Å². The highest BCUT2D eigenvalue weighted by Gasteiger charge is 2.05. The monoisotopic (exact) mass is 223 g/mol. The van der Waals surface area contributed by atoms with Gasteiger partial charge in [0.2, 0.25) is 0 Å². The molecule has 16 heavy (non-hydrogen) atoms. The van der Waals surface area contributed by atoms with Crippen molar-refractivity contribution in [3.8, 4) is 0 Å². The van der Waals surface area contributed by atoms with Crippen LogP contribution < -0.4 is 16.1 Å². The van der Waals surface area contributed by atoms with Crippen molar-refractivity contribution in [1.29, 1.82) is 0 Å². The maximum atomic E-state index is 6.00. The topological polar surface area (TPSA) is 26.0 Å². The Morgan fingerprint density at radius 2 is 1.75 bits per heavy atom. The second-order valence-electron chi connectivity index (χ2n) is 3.51. The van der Waals surface area contributed by atoms with Crippen molar-refractivity contribution in [2.75, 3.05) is 5.73 Å². The van der Waals surface area contributed by atoms with Gasteiger partial charge in [-0.1, -0.05) is 60.3 Å². The molecule has 0 aliphatic carbocycles. The first-order valence-corrected chi connectivity index (χ1v) is 6.14. The largest absolute Gasteiger partial charge is 0.399 e. The second-order valence-corrected chi connectivity index (χ2v) is 4.83. The summed E-state index contributed by atoms with van der Waals surface area (Å²) in [4.78, 5) is 0. The van der Waals surface area contributed by atoms with E-state index in [-0.39, 0.29) is 0 Å². The maximum Gasteiger partial charge on any atom is 0.125 e. The fraction of sp³-hybridized carbons (Fsp3) is 0. The first-order chi connectivity index (χ1) is 7.81. The SMILES string of the molecule is C=Cc1cccc(N)c1[Si]c1ccccc1. The fourth-order valence-electron chi connectivity index (χ4n) is 1.57. The standard InChI is InChI=1S/C14H13NSi/c1-2-11-7-6-10-13(15)14(11)16-12-8-4-3-5-9-12/h2-10H,1,15H2. The molecule has 0 aliphatic rings. The van der Waals surface area contributed by atoms with Gasteiger partial charge in [0.05, 0.1) is 0 Å². The molecule has 0 aromatic heterocycles. The molecular weight excluding hydrogens is 210 g/mol. The molecule has 2 aromatic rings. The van der Waals surface area contributed by atoms with E-state index in [1.54, 1.807) is 0 Å². The van der Waals surface area contributed by atoms with Gasteiger partial charge in [-0.3, -0.25) is 0 Å². The summed E-state index contributed by atoms with van der Waals surface area (Å²) in [6.45, 7) is 3.82. The van der Waals surface area contributed by atoms with Crippen LogP contribution in [0.3, 0.4) is 0 Å². The predicted octanol–water partition coefficient (Wildman–Crippen LogP) is 1.57. The Bertz CT molecular complexity index is 491. The van der Waals surface area contributed by atoms with Crippen molar-refractivity contribution in [3.63, 3.8) is 0 Å². The Hall–Kier alpha value is -1.80. The number of hydrogen-bond acceptors (Lipinski definition) is 1. The third-order valence-corrected chi connectivity index (χ3v) is 3.84. The van der Waals surface area contributed by atoms with Gasteiger partial charge in [0.15, 0.2) is 0 Å². The van der Waals surface area contributed by atoms with Gasteiger partial charge in [-0.15, -0.1) is 0 Å². The number of benzene rings is 2. The van der Waals surface area contributed by atoms with Crippen LogP contribution in [0.1, 0.15) is 5.56 Å². The third-order valence-electron chi connectivity index (χ3n) is 2.39. The molecule has 0 spiro atoms. The van der Waals surface area contributed by atoms with Crippen LogP contribution in [-0.4, -0.2) is 9.52 Å². The molecule has 2 rings (SSSR count). The Labute approximate surface area is 98.4 Å². The van der Waals surface area contributed by atoms with Gasteiger partial charge in [-0.25, -0.2) is 0 Å². The molecule has 0 bridgehead atoms. The van der Waals surface area contributed by atoms with Gasteiger partial charge in [0.1, 0.15) is 9.52 Å². The molecule has 0 saturated heterocycles. The van der Waals surface area contributed by atoms with E-state index in [1.165, 1.54) is 10.4 Å². The molecule has 1 nitrogen and oxygen atoms in total. The zero-order chi connectivity index (χ0) is 11.4. The molecule has 2 radical (unpaired) electrons. The van der Waals surface area contributed by atoms with Crippen molar-refractivity contribution in [2.45, 2.75) is 0 Å². The van der Waals surface area contributed by atoms with Crippen molar-refractivity contribution < 1.29 is 0 Å². The lowest BCUT2D eigenvalue weighted by molar-refractivity contribution is 1.69. The highest BCUT2D eigenvalue weighted by atomic mass is 28.2. The summed E-state index contributed by atoms with van der Waals surface area (Å²) in [5.74, 6) is 0. The first kappa shape index (κ1) is 10.7. The lowest BCUT2D eigenvalue weighted by atomic mass is 10.2. The van der Waals surface area contributed by atoms with Crippen LogP contribution in [0.25, 0.3) is 6.08 Å². The summed E-state index contributed by atoms with van der Waals surface area (Å²) in [5.41, 5.74) is 7.98. The van der Waals surface area contributed by atoms with Gasteiger partial charge in [0.25, 0.3) is 0 Å². The summed E-state index contributed by atoms with van der Waals surface area (Å²) in [6, 6.07) is 16.3. The summed E-state index contributed by atoms with van der Waals surface area (Å²) >= 11 is 0. The second kappa shape index (κ2) is 4.81. The van der Waals surface area contributed by atoms with Crippen LogP contribution in [0.15, 0.2) is 55.1 Å². The van der Waals surface area contributed by atoms with E-state index in [1.807, 2.05) is 24.3 Å². The van der Waals surface area contributed by atoms with Crippen LogP contribution in [0.5, 0.6) is 0 Å². The number of rotatable bonds is 3. The molecule has 0 saturated carbocycles. The molecule has 0 atom stereocenters. The van der Waals surface area contributed by atoms with E-state index < -0.39 is 0 Å². The van der Waals surface area contributed by atoms with Crippen LogP contribution in [0.4, 0.5) is 5.69 Å². The van der Waals surface area contributed by atoms with E-state index in [2.05, 4.69) is 36.9 Å². The van der Waals surface area contributed by atoms with Gasteiger partial charge in [0, 0.05) is 5.69 Å². The van der Waals surface area contributed by atoms with Crippen molar-refractivity contribution >= 4 is 31.7 Å². The predicted molar refractivity (Wildman–Crippen MR) is 72.4 cm³/mol. The molecule has 2 N–H and O–H groups in total. The number of anilines is 1. The van der Waals surface area contributed by atoms with Crippen LogP contribution >= 0.6 is 0 Å². The molecule has 0 heterocycles. The number of nitrogen functional groups attached to an aromatic ring is 1. The zero-order valence-electron chi connectivity index (χ0n) is 8.98. The summed E-state index contributed by atoms with van der Waals surface area (Å²) < 4.78 is 0. The highest BCUT2D eigenvalue weighted by molar-refractivity contribution is 6.69. The summed E-state index contributed by atoms with van der Waals surface area (Å²) in [5, 5.41) is 2.48. The lowest BCUT2D eigenvalue weighted by Gasteiger charge is -2.08. The number of hydrogen-bond donors (Lipinski definition) is 1. The van der Waals surface area contributed by atoms with Crippen LogP contribution in [0.2, 0.25) is 0 Å². The van der Waals surface area contributed by atoms with E-state index >= 15 is 0 Å². The average molecular weight is 223 g/mol. The van der Waals surface area contributed by atoms with Gasteiger partial charge in [-0.05, 0) is 16.8 Å². The quantitative estimate of drug-likeness (QED) is 0.620. The van der Waals surface area contributed by atoms with Crippen LogP contribution in [-0.2, 0) is 0 Å². The normalized spacial score (nSPS) is 10.0. The third kappa shape index (κ3) is 2.23. The molecule has 78 valence electrons.